The van der Waals surface area contributed by atoms with Crippen LogP contribution < -0.4 is 0 Å². The normalized spacial score (nSPS) is 18.3. The second-order valence-electron chi connectivity index (χ2n) is 5.64. The Labute approximate surface area is 136 Å². The van der Waals surface area contributed by atoms with Crippen LogP contribution in [0.3, 0.4) is 0 Å². The third-order valence-corrected chi connectivity index (χ3v) is 4.11. The van der Waals surface area contributed by atoms with E-state index in [1.165, 1.54) is 0 Å². The van der Waals surface area contributed by atoms with Gasteiger partial charge in [-0.15, -0.1) is 0 Å². The second kappa shape index (κ2) is 8.11. The predicted octanol–water partition coefficient (Wildman–Crippen LogP) is 2.73. The molecule has 1 atom stereocenters. The van der Waals surface area contributed by atoms with Gasteiger partial charge in [0.2, 0.25) is 0 Å². The van der Waals surface area contributed by atoms with Crippen LogP contribution in [0.25, 0.3) is 0 Å². The topological polar surface area (TPSA) is 61.8 Å². The molecular weight excluding hydrogens is 296 g/mol. The molecule has 0 unspecified atom stereocenters. The van der Waals surface area contributed by atoms with Gasteiger partial charge in [-0.1, -0.05) is 30.3 Å². The first-order valence-corrected chi connectivity index (χ1v) is 8.11. The highest BCUT2D eigenvalue weighted by Gasteiger charge is 2.67. The van der Waals surface area contributed by atoms with E-state index in [0.717, 1.165) is 5.56 Å². The average molecular weight is 320 g/mol. The molecule has 23 heavy (non-hydrogen) atoms. The Morgan fingerprint density at radius 3 is 2.26 bits per heavy atom. The lowest BCUT2D eigenvalue weighted by molar-refractivity contribution is -0.165. The summed E-state index contributed by atoms with van der Waals surface area (Å²) < 4.78 is 15.8. The maximum Gasteiger partial charge on any atom is 0.323 e. The molecule has 0 saturated heterocycles. The molecule has 2 rings (SSSR count). The molecule has 5 heteroatoms. The van der Waals surface area contributed by atoms with Crippen LogP contribution in [0.4, 0.5) is 0 Å². The zero-order chi connectivity index (χ0) is 16.7. The number of benzene rings is 1. The smallest absolute Gasteiger partial charge is 0.323 e. The van der Waals surface area contributed by atoms with Crippen molar-refractivity contribution >= 4 is 11.9 Å². The first-order valence-electron chi connectivity index (χ1n) is 8.11. The van der Waals surface area contributed by atoms with Gasteiger partial charge in [-0.05, 0) is 38.2 Å². The molecule has 1 aromatic rings. The molecule has 0 aliphatic heterocycles. The Balaban J connectivity index is 1.83. The number of hydrogen-bond acceptors (Lipinski definition) is 5. The molecule has 1 aliphatic carbocycles. The van der Waals surface area contributed by atoms with Crippen molar-refractivity contribution in [1.82, 2.24) is 0 Å². The molecule has 1 aliphatic rings. The highest BCUT2D eigenvalue weighted by Crippen LogP contribution is 2.56. The Morgan fingerprint density at radius 2 is 1.70 bits per heavy atom. The lowest BCUT2D eigenvalue weighted by Gasteiger charge is -2.14. The third-order valence-electron chi connectivity index (χ3n) is 4.11. The van der Waals surface area contributed by atoms with E-state index < -0.39 is 17.4 Å². The van der Waals surface area contributed by atoms with Crippen molar-refractivity contribution in [3.63, 3.8) is 0 Å². The van der Waals surface area contributed by atoms with Crippen molar-refractivity contribution in [1.29, 1.82) is 0 Å². The van der Waals surface area contributed by atoms with Crippen LogP contribution >= 0.6 is 0 Å². The molecule has 0 amide bonds. The predicted molar refractivity (Wildman–Crippen MR) is 84.5 cm³/mol. The van der Waals surface area contributed by atoms with E-state index in [0.29, 0.717) is 26.1 Å². The van der Waals surface area contributed by atoms with Crippen LogP contribution in [0, 0.1) is 11.3 Å². The SMILES string of the molecule is CCOC(=O)C1(C(=O)OCC)C[C@H]1CCOCc1ccccc1. The fourth-order valence-corrected chi connectivity index (χ4v) is 2.77. The molecule has 126 valence electrons. The van der Waals surface area contributed by atoms with Crippen molar-refractivity contribution in [3.8, 4) is 0 Å². The van der Waals surface area contributed by atoms with E-state index in [1.807, 2.05) is 30.3 Å². The summed E-state index contributed by atoms with van der Waals surface area (Å²) in [5, 5.41) is 0. The summed E-state index contributed by atoms with van der Waals surface area (Å²) in [6.07, 6.45) is 1.13. The number of carbonyl (C=O) groups is 2. The van der Waals surface area contributed by atoms with Crippen LogP contribution in [0.2, 0.25) is 0 Å². The Hall–Kier alpha value is -1.88. The maximum atomic E-state index is 12.1. The van der Waals surface area contributed by atoms with Crippen LogP contribution in [0.15, 0.2) is 30.3 Å². The van der Waals surface area contributed by atoms with E-state index in [2.05, 4.69) is 0 Å². The highest BCUT2D eigenvalue weighted by molar-refractivity contribution is 6.03. The summed E-state index contributed by atoms with van der Waals surface area (Å²) >= 11 is 0. The van der Waals surface area contributed by atoms with Crippen molar-refractivity contribution in [3.05, 3.63) is 35.9 Å². The lowest BCUT2D eigenvalue weighted by atomic mass is 10.0. The largest absolute Gasteiger partial charge is 0.465 e. The fraction of sp³-hybridized carbons (Fsp3) is 0.556. The molecule has 0 spiro atoms. The third kappa shape index (κ3) is 4.10. The van der Waals surface area contributed by atoms with Crippen LogP contribution in [-0.4, -0.2) is 31.8 Å². The van der Waals surface area contributed by atoms with Gasteiger partial charge in [0.05, 0.1) is 19.8 Å². The second-order valence-corrected chi connectivity index (χ2v) is 5.64. The van der Waals surface area contributed by atoms with Crippen molar-refractivity contribution in [2.24, 2.45) is 11.3 Å². The standard InChI is InChI=1S/C18H24O5/c1-3-22-16(19)18(17(20)23-4-2)12-15(18)10-11-21-13-14-8-6-5-7-9-14/h5-9,15H,3-4,10-13H2,1-2H3/t15-/m1/s1. The van der Waals surface area contributed by atoms with Gasteiger partial charge in [-0.3, -0.25) is 9.59 Å². The average Bonchev–Trinajstić information content (AvgIpc) is 3.29. The van der Waals surface area contributed by atoms with Gasteiger partial charge in [0.15, 0.2) is 5.41 Å². The van der Waals surface area contributed by atoms with Crippen molar-refractivity contribution in [2.45, 2.75) is 33.3 Å². The molecule has 0 heterocycles. The molecule has 5 nitrogen and oxygen atoms in total. The summed E-state index contributed by atoms with van der Waals surface area (Å²) in [6.45, 7) is 5.02. The van der Waals surface area contributed by atoms with Gasteiger partial charge in [-0.2, -0.15) is 0 Å². The monoisotopic (exact) mass is 320 g/mol. The lowest BCUT2D eigenvalue weighted by Crippen LogP contribution is -2.32. The zero-order valence-electron chi connectivity index (χ0n) is 13.7. The highest BCUT2D eigenvalue weighted by atomic mass is 16.6. The number of rotatable bonds is 9. The minimum absolute atomic E-state index is 0.0589. The van der Waals surface area contributed by atoms with Crippen molar-refractivity contribution in [2.75, 3.05) is 19.8 Å². The van der Waals surface area contributed by atoms with Crippen molar-refractivity contribution < 1.29 is 23.8 Å². The molecule has 1 aromatic carbocycles. The molecule has 0 aromatic heterocycles. The summed E-state index contributed by atoms with van der Waals surface area (Å²) in [6, 6.07) is 9.89. The van der Waals surface area contributed by atoms with Crippen LogP contribution in [0.1, 0.15) is 32.3 Å². The Kier molecular flexibility index (Phi) is 6.16. The molecule has 0 N–H and O–H groups in total. The minimum Gasteiger partial charge on any atom is -0.465 e. The fourth-order valence-electron chi connectivity index (χ4n) is 2.77. The van der Waals surface area contributed by atoms with Crippen LogP contribution in [-0.2, 0) is 30.4 Å². The van der Waals surface area contributed by atoms with Gasteiger partial charge in [0, 0.05) is 6.61 Å². The maximum absolute atomic E-state index is 12.1. The van der Waals surface area contributed by atoms with E-state index in [9.17, 15) is 9.59 Å². The van der Waals surface area contributed by atoms with E-state index in [4.69, 9.17) is 14.2 Å². The number of esters is 2. The summed E-state index contributed by atoms with van der Waals surface area (Å²) in [5.41, 5.74) is -0.00683. The number of carbonyl (C=O) groups excluding carboxylic acids is 2. The number of ether oxygens (including phenoxy) is 3. The zero-order valence-corrected chi connectivity index (χ0v) is 13.7. The molecule has 0 bridgehead atoms. The number of hydrogen-bond donors (Lipinski definition) is 0. The molecule has 1 fully saturated rings. The Morgan fingerprint density at radius 1 is 1.09 bits per heavy atom. The Bertz CT molecular complexity index is 507. The van der Waals surface area contributed by atoms with Gasteiger partial charge >= 0.3 is 11.9 Å². The molecular formula is C18H24O5. The van der Waals surface area contributed by atoms with Gasteiger partial charge in [0.1, 0.15) is 0 Å². The van der Waals surface area contributed by atoms with E-state index >= 15 is 0 Å². The first kappa shape index (κ1) is 17.5. The van der Waals surface area contributed by atoms with Gasteiger partial charge < -0.3 is 14.2 Å². The van der Waals surface area contributed by atoms with Gasteiger partial charge in [0.25, 0.3) is 0 Å². The van der Waals surface area contributed by atoms with Gasteiger partial charge in [-0.25, -0.2) is 0 Å². The minimum atomic E-state index is -1.11. The quantitative estimate of drug-likeness (QED) is 0.398. The molecule has 0 radical (unpaired) electrons. The summed E-state index contributed by atoms with van der Waals surface area (Å²) in [4.78, 5) is 24.3. The summed E-state index contributed by atoms with van der Waals surface area (Å²) in [7, 11) is 0. The summed E-state index contributed by atoms with van der Waals surface area (Å²) in [5.74, 6) is -0.991. The first-order chi connectivity index (χ1) is 11.1. The molecule has 1 saturated carbocycles. The van der Waals surface area contributed by atoms with E-state index in [-0.39, 0.29) is 19.1 Å². The van der Waals surface area contributed by atoms with Crippen LogP contribution in [0.5, 0.6) is 0 Å². The van der Waals surface area contributed by atoms with E-state index in [1.54, 1.807) is 13.8 Å².